The van der Waals surface area contributed by atoms with Crippen molar-refractivity contribution in [3.05, 3.63) is 0 Å². The smallest absolute Gasteiger partial charge is 0.408 e. The van der Waals surface area contributed by atoms with Crippen LogP contribution in [-0.4, -0.2) is 28.8 Å². The molecule has 110 valence electrons. The molecule has 0 aromatic heterocycles. The molecule has 0 saturated heterocycles. The molecule has 1 saturated carbocycles. The third kappa shape index (κ3) is 5.49. The Balaban J connectivity index is 2.58. The van der Waals surface area contributed by atoms with Crippen LogP contribution in [0, 0.1) is 11.8 Å². The summed E-state index contributed by atoms with van der Waals surface area (Å²) < 4.78 is 5.12. The third-order valence-electron chi connectivity index (χ3n) is 3.47. The van der Waals surface area contributed by atoms with Crippen molar-refractivity contribution in [2.24, 2.45) is 11.8 Å². The van der Waals surface area contributed by atoms with E-state index in [-0.39, 0.29) is 5.92 Å². The number of aliphatic carboxylic acids is 1. The number of hydrogen-bond donors (Lipinski definition) is 2. The van der Waals surface area contributed by atoms with Gasteiger partial charge in [-0.15, -0.1) is 0 Å². The number of nitrogens with one attached hydrogen (secondary N) is 1. The maximum absolute atomic E-state index is 11.7. The first-order valence-electron chi connectivity index (χ1n) is 6.91. The summed E-state index contributed by atoms with van der Waals surface area (Å²) in [5, 5.41) is 11.8. The van der Waals surface area contributed by atoms with Crippen LogP contribution in [0.25, 0.3) is 0 Å². The van der Waals surface area contributed by atoms with Crippen molar-refractivity contribution < 1.29 is 19.4 Å². The zero-order valence-corrected chi connectivity index (χ0v) is 12.2. The Labute approximate surface area is 114 Å². The van der Waals surface area contributed by atoms with Gasteiger partial charge >= 0.3 is 12.1 Å². The molecule has 2 N–H and O–H groups in total. The van der Waals surface area contributed by atoms with Crippen molar-refractivity contribution in [1.29, 1.82) is 0 Å². The van der Waals surface area contributed by atoms with Gasteiger partial charge in [-0.25, -0.2) is 9.59 Å². The van der Waals surface area contributed by atoms with Crippen LogP contribution < -0.4 is 5.32 Å². The Morgan fingerprint density at radius 2 is 1.74 bits per heavy atom. The van der Waals surface area contributed by atoms with E-state index in [4.69, 9.17) is 4.74 Å². The lowest BCUT2D eigenvalue weighted by Crippen LogP contribution is -2.48. The lowest BCUT2D eigenvalue weighted by molar-refractivity contribution is -0.141. The van der Waals surface area contributed by atoms with Gasteiger partial charge in [-0.2, -0.15) is 0 Å². The molecule has 0 aromatic carbocycles. The quantitative estimate of drug-likeness (QED) is 0.827. The normalized spacial score (nSPS) is 25.5. The Bertz CT molecular complexity index is 327. The number of carboxylic acid groups (broad SMARTS) is 1. The molecule has 5 heteroatoms. The summed E-state index contributed by atoms with van der Waals surface area (Å²) >= 11 is 0. The van der Waals surface area contributed by atoms with E-state index in [1.165, 1.54) is 0 Å². The predicted molar refractivity (Wildman–Crippen MR) is 71.9 cm³/mol. The minimum absolute atomic E-state index is 0.00113. The highest BCUT2D eigenvalue weighted by atomic mass is 16.6. The van der Waals surface area contributed by atoms with E-state index in [2.05, 4.69) is 12.2 Å². The Morgan fingerprint density at radius 3 is 2.16 bits per heavy atom. The molecule has 0 aliphatic heterocycles. The van der Waals surface area contributed by atoms with Crippen LogP contribution in [0.2, 0.25) is 0 Å². The van der Waals surface area contributed by atoms with E-state index in [0.29, 0.717) is 5.92 Å². The molecule has 1 amide bonds. The summed E-state index contributed by atoms with van der Waals surface area (Å²) in [6, 6.07) is -0.845. The molecular weight excluding hydrogens is 246 g/mol. The predicted octanol–water partition coefficient (Wildman–Crippen LogP) is 2.79. The second-order valence-electron chi connectivity index (χ2n) is 6.48. The Hall–Kier alpha value is -1.26. The van der Waals surface area contributed by atoms with Crippen molar-refractivity contribution in [3.8, 4) is 0 Å². The minimum Gasteiger partial charge on any atom is -0.480 e. The van der Waals surface area contributed by atoms with Crippen LogP contribution >= 0.6 is 0 Å². The number of carbonyl (C=O) groups excluding carboxylic acids is 1. The second-order valence-corrected chi connectivity index (χ2v) is 6.48. The number of ether oxygens (including phenoxy) is 1. The van der Waals surface area contributed by atoms with Gasteiger partial charge in [0.1, 0.15) is 11.6 Å². The van der Waals surface area contributed by atoms with Crippen molar-refractivity contribution >= 4 is 12.1 Å². The first-order chi connectivity index (χ1) is 8.69. The molecule has 0 aromatic rings. The van der Waals surface area contributed by atoms with E-state index in [1.54, 1.807) is 20.8 Å². The van der Waals surface area contributed by atoms with E-state index in [1.807, 2.05) is 0 Å². The Kier molecular flexibility index (Phi) is 5.20. The summed E-state index contributed by atoms with van der Waals surface area (Å²) in [7, 11) is 0. The van der Waals surface area contributed by atoms with Crippen LogP contribution in [0.5, 0.6) is 0 Å². The number of carbonyl (C=O) groups is 2. The SMILES string of the molecule is CC1CCC(C(NC(=O)OC(C)(C)C)C(=O)O)CC1. The summed E-state index contributed by atoms with van der Waals surface area (Å²) in [6.07, 6.45) is 3.06. The largest absolute Gasteiger partial charge is 0.480 e. The average molecular weight is 271 g/mol. The van der Waals surface area contributed by atoms with Gasteiger partial charge in [0.15, 0.2) is 0 Å². The van der Waals surface area contributed by atoms with Gasteiger partial charge in [-0.05, 0) is 45.4 Å². The minimum atomic E-state index is -0.981. The summed E-state index contributed by atoms with van der Waals surface area (Å²) in [5.74, 6) is -0.334. The molecular formula is C14H25NO4. The average Bonchev–Trinajstić information content (AvgIpc) is 2.24. The van der Waals surface area contributed by atoms with Gasteiger partial charge in [-0.3, -0.25) is 0 Å². The second kappa shape index (κ2) is 6.26. The van der Waals surface area contributed by atoms with Crippen molar-refractivity contribution in [2.45, 2.75) is 65.0 Å². The molecule has 0 bridgehead atoms. The van der Waals surface area contributed by atoms with E-state index >= 15 is 0 Å². The van der Waals surface area contributed by atoms with Gasteiger partial charge < -0.3 is 15.2 Å². The molecule has 19 heavy (non-hydrogen) atoms. The molecule has 1 unspecified atom stereocenters. The van der Waals surface area contributed by atoms with Crippen LogP contribution in [0.3, 0.4) is 0 Å². The molecule has 0 spiro atoms. The highest BCUT2D eigenvalue weighted by Crippen LogP contribution is 2.30. The molecule has 1 atom stereocenters. The zero-order chi connectivity index (χ0) is 14.6. The van der Waals surface area contributed by atoms with Gasteiger partial charge in [0.25, 0.3) is 0 Å². The standard InChI is InChI=1S/C14H25NO4/c1-9-5-7-10(8-6-9)11(12(16)17)15-13(18)19-14(2,3)4/h9-11H,5-8H2,1-4H3,(H,15,18)(H,16,17). The van der Waals surface area contributed by atoms with Gasteiger partial charge in [-0.1, -0.05) is 19.8 Å². The molecule has 0 heterocycles. The maximum atomic E-state index is 11.7. The first kappa shape index (κ1) is 15.8. The fourth-order valence-corrected chi connectivity index (χ4v) is 2.43. The third-order valence-corrected chi connectivity index (χ3v) is 3.47. The molecule has 1 rings (SSSR count). The Morgan fingerprint density at radius 1 is 1.21 bits per heavy atom. The number of hydrogen-bond acceptors (Lipinski definition) is 3. The molecule has 5 nitrogen and oxygen atoms in total. The van der Waals surface area contributed by atoms with Crippen molar-refractivity contribution in [1.82, 2.24) is 5.32 Å². The summed E-state index contributed by atoms with van der Waals surface area (Å²) in [4.78, 5) is 23.0. The van der Waals surface area contributed by atoms with Gasteiger partial charge in [0, 0.05) is 0 Å². The van der Waals surface area contributed by atoms with Crippen molar-refractivity contribution in [2.75, 3.05) is 0 Å². The lowest BCUT2D eigenvalue weighted by atomic mass is 9.79. The lowest BCUT2D eigenvalue weighted by Gasteiger charge is -2.31. The van der Waals surface area contributed by atoms with E-state index < -0.39 is 23.7 Å². The highest BCUT2D eigenvalue weighted by Gasteiger charge is 2.33. The molecule has 1 aliphatic rings. The van der Waals surface area contributed by atoms with Crippen LogP contribution in [0.1, 0.15) is 53.4 Å². The molecule has 1 fully saturated rings. The zero-order valence-electron chi connectivity index (χ0n) is 12.2. The molecule has 0 radical (unpaired) electrons. The fourth-order valence-electron chi connectivity index (χ4n) is 2.43. The van der Waals surface area contributed by atoms with Gasteiger partial charge in [0.2, 0.25) is 0 Å². The topological polar surface area (TPSA) is 75.6 Å². The van der Waals surface area contributed by atoms with Crippen molar-refractivity contribution in [3.63, 3.8) is 0 Å². The maximum Gasteiger partial charge on any atom is 0.408 e. The monoisotopic (exact) mass is 271 g/mol. The molecule has 1 aliphatic carbocycles. The first-order valence-corrected chi connectivity index (χ1v) is 6.91. The van der Waals surface area contributed by atoms with E-state index in [9.17, 15) is 14.7 Å². The van der Waals surface area contributed by atoms with Gasteiger partial charge in [0.05, 0.1) is 0 Å². The fraction of sp³-hybridized carbons (Fsp3) is 0.857. The summed E-state index contributed by atoms with van der Waals surface area (Å²) in [5.41, 5.74) is -0.617. The highest BCUT2D eigenvalue weighted by molar-refractivity contribution is 5.80. The summed E-state index contributed by atoms with van der Waals surface area (Å²) in [6.45, 7) is 7.44. The van der Waals surface area contributed by atoms with Crippen LogP contribution in [0.4, 0.5) is 4.79 Å². The number of amides is 1. The van der Waals surface area contributed by atoms with Crippen LogP contribution in [0.15, 0.2) is 0 Å². The number of alkyl carbamates (subject to hydrolysis) is 1. The van der Waals surface area contributed by atoms with Crippen LogP contribution in [-0.2, 0) is 9.53 Å². The number of carboxylic acids is 1. The van der Waals surface area contributed by atoms with E-state index in [0.717, 1.165) is 25.7 Å². The number of rotatable bonds is 3.